The molecule has 2 fully saturated rings. The second-order valence-corrected chi connectivity index (χ2v) is 4.99. The summed E-state index contributed by atoms with van der Waals surface area (Å²) in [6.07, 6.45) is 2.92. The van der Waals surface area contributed by atoms with Crippen LogP contribution in [0.25, 0.3) is 0 Å². The van der Waals surface area contributed by atoms with Crippen LogP contribution in [0.2, 0.25) is 0 Å². The second-order valence-electron chi connectivity index (χ2n) is 4.99. The molecule has 0 aromatic heterocycles. The summed E-state index contributed by atoms with van der Waals surface area (Å²) in [6.45, 7) is 2.27. The highest BCUT2D eigenvalue weighted by molar-refractivity contribution is 5.85. The lowest BCUT2D eigenvalue weighted by Crippen LogP contribution is -2.49. The Balaban J connectivity index is 0.00000162. The lowest BCUT2D eigenvalue weighted by atomic mass is 9.94. The minimum atomic E-state index is -0.217. The van der Waals surface area contributed by atoms with E-state index in [1.54, 1.807) is 0 Å². The third-order valence-corrected chi connectivity index (χ3v) is 3.93. The van der Waals surface area contributed by atoms with Gasteiger partial charge in [-0.3, -0.25) is 4.79 Å². The first kappa shape index (κ1) is 15.7. The Bertz CT molecular complexity index is 278. The van der Waals surface area contributed by atoms with E-state index < -0.39 is 0 Å². The van der Waals surface area contributed by atoms with Crippen LogP contribution in [0.1, 0.15) is 19.3 Å². The van der Waals surface area contributed by atoms with Crippen LogP contribution in [0.3, 0.4) is 0 Å². The Morgan fingerprint density at radius 3 is 2.89 bits per heavy atom. The molecule has 0 aromatic rings. The molecule has 106 valence electrons. The number of hydrogen-bond acceptors (Lipinski definition) is 4. The molecule has 1 aliphatic carbocycles. The van der Waals surface area contributed by atoms with Gasteiger partial charge in [-0.15, -0.1) is 12.4 Å². The standard InChI is InChI=1S/C12H22N2O3.ClH/c13-6-9-2-1-3-11(9)12(16)14-4-5-17-10(7-14)8-15;/h9-11,15H,1-8,13H2;1H/t9-,10?,11-;/m1./s1. The molecule has 1 saturated carbocycles. The molecule has 2 aliphatic rings. The van der Waals surface area contributed by atoms with Gasteiger partial charge in [0.05, 0.1) is 19.3 Å². The molecule has 1 heterocycles. The van der Waals surface area contributed by atoms with Gasteiger partial charge in [-0.05, 0) is 25.3 Å². The predicted octanol–water partition coefficient (Wildman–Crippen LogP) is 0.00290. The van der Waals surface area contributed by atoms with Crippen LogP contribution in [0.15, 0.2) is 0 Å². The first-order chi connectivity index (χ1) is 8.26. The average Bonchev–Trinajstić information content (AvgIpc) is 2.86. The predicted molar refractivity (Wildman–Crippen MR) is 70.5 cm³/mol. The SMILES string of the molecule is Cl.NC[C@H]1CCC[C@H]1C(=O)N1CCOC(CO)C1. The molecule has 1 unspecified atom stereocenters. The number of carbonyl (C=O) groups excluding carboxylic acids is 1. The van der Waals surface area contributed by atoms with Gasteiger partial charge >= 0.3 is 0 Å². The lowest BCUT2D eigenvalue weighted by molar-refractivity contribution is -0.145. The summed E-state index contributed by atoms with van der Waals surface area (Å²) < 4.78 is 5.35. The number of nitrogens with zero attached hydrogens (tertiary/aromatic N) is 1. The number of carbonyl (C=O) groups is 1. The lowest BCUT2D eigenvalue weighted by Gasteiger charge is -2.34. The first-order valence-electron chi connectivity index (χ1n) is 6.47. The fourth-order valence-corrected chi connectivity index (χ4v) is 2.91. The van der Waals surface area contributed by atoms with Crippen LogP contribution in [0.5, 0.6) is 0 Å². The maximum absolute atomic E-state index is 12.4. The van der Waals surface area contributed by atoms with Crippen LogP contribution >= 0.6 is 12.4 Å². The van der Waals surface area contributed by atoms with Gasteiger partial charge in [0, 0.05) is 19.0 Å². The van der Waals surface area contributed by atoms with Crippen LogP contribution in [-0.4, -0.2) is 54.9 Å². The minimum Gasteiger partial charge on any atom is -0.394 e. The van der Waals surface area contributed by atoms with Crippen LogP contribution in [-0.2, 0) is 9.53 Å². The third-order valence-electron chi connectivity index (χ3n) is 3.93. The van der Waals surface area contributed by atoms with E-state index in [9.17, 15) is 4.79 Å². The summed E-state index contributed by atoms with van der Waals surface area (Å²) >= 11 is 0. The van der Waals surface area contributed by atoms with E-state index in [4.69, 9.17) is 15.6 Å². The molecular formula is C12H23ClN2O3. The Morgan fingerprint density at radius 2 is 2.22 bits per heavy atom. The van der Waals surface area contributed by atoms with E-state index in [0.717, 1.165) is 19.3 Å². The number of aliphatic hydroxyl groups is 1. The number of nitrogens with two attached hydrogens (primary N) is 1. The molecule has 1 aliphatic heterocycles. The van der Waals surface area contributed by atoms with Crippen molar-refractivity contribution in [2.45, 2.75) is 25.4 Å². The van der Waals surface area contributed by atoms with Crippen molar-refractivity contribution < 1.29 is 14.6 Å². The van der Waals surface area contributed by atoms with Gasteiger partial charge < -0.3 is 20.5 Å². The van der Waals surface area contributed by atoms with Crippen molar-refractivity contribution in [3.05, 3.63) is 0 Å². The topological polar surface area (TPSA) is 75.8 Å². The third kappa shape index (κ3) is 3.35. The van der Waals surface area contributed by atoms with Gasteiger partial charge in [-0.2, -0.15) is 0 Å². The van der Waals surface area contributed by atoms with Crippen molar-refractivity contribution in [3.8, 4) is 0 Å². The second kappa shape index (κ2) is 7.28. The van der Waals surface area contributed by atoms with Crippen molar-refractivity contribution in [3.63, 3.8) is 0 Å². The molecule has 0 radical (unpaired) electrons. The number of halogens is 1. The van der Waals surface area contributed by atoms with Crippen LogP contribution < -0.4 is 5.73 Å². The number of hydrogen-bond donors (Lipinski definition) is 2. The Hall–Kier alpha value is -0.360. The molecule has 2 rings (SSSR count). The largest absolute Gasteiger partial charge is 0.394 e. The van der Waals surface area contributed by atoms with E-state index in [1.807, 2.05) is 4.90 Å². The average molecular weight is 279 g/mol. The van der Waals surface area contributed by atoms with Crippen molar-refractivity contribution in [1.29, 1.82) is 0 Å². The molecule has 3 atom stereocenters. The van der Waals surface area contributed by atoms with Gasteiger partial charge in [-0.1, -0.05) is 6.42 Å². The van der Waals surface area contributed by atoms with Gasteiger partial charge in [0.25, 0.3) is 0 Å². The van der Waals surface area contributed by atoms with E-state index in [-0.39, 0.29) is 36.9 Å². The molecule has 0 bridgehead atoms. The maximum atomic E-state index is 12.4. The molecule has 0 aromatic carbocycles. The molecule has 5 nitrogen and oxygen atoms in total. The van der Waals surface area contributed by atoms with Crippen molar-refractivity contribution in [1.82, 2.24) is 4.90 Å². The zero-order valence-electron chi connectivity index (χ0n) is 10.6. The quantitative estimate of drug-likeness (QED) is 0.762. The summed E-state index contributed by atoms with van der Waals surface area (Å²) in [6, 6.07) is 0. The number of morpholine rings is 1. The van der Waals surface area contributed by atoms with Crippen molar-refractivity contribution >= 4 is 18.3 Å². The summed E-state index contributed by atoms with van der Waals surface area (Å²) in [5.74, 6) is 0.648. The highest BCUT2D eigenvalue weighted by atomic mass is 35.5. The molecule has 6 heteroatoms. The van der Waals surface area contributed by atoms with Gasteiger partial charge in [0.15, 0.2) is 0 Å². The number of rotatable bonds is 3. The summed E-state index contributed by atoms with van der Waals surface area (Å²) in [7, 11) is 0. The smallest absolute Gasteiger partial charge is 0.226 e. The monoisotopic (exact) mass is 278 g/mol. The van der Waals surface area contributed by atoms with Crippen molar-refractivity contribution in [2.24, 2.45) is 17.6 Å². The number of amides is 1. The van der Waals surface area contributed by atoms with Gasteiger partial charge in [0.1, 0.15) is 0 Å². The Morgan fingerprint density at radius 1 is 1.44 bits per heavy atom. The van der Waals surface area contributed by atoms with E-state index in [1.165, 1.54) is 0 Å². The summed E-state index contributed by atoms with van der Waals surface area (Å²) in [5, 5.41) is 9.07. The first-order valence-corrected chi connectivity index (χ1v) is 6.47. The molecular weight excluding hydrogens is 256 g/mol. The van der Waals surface area contributed by atoms with Gasteiger partial charge in [0.2, 0.25) is 5.91 Å². The van der Waals surface area contributed by atoms with Gasteiger partial charge in [-0.25, -0.2) is 0 Å². The molecule has 18 heavy (non-hydrogen) atoms. The summed E-state index contributed by atoms with van der Waals surface area (Å²) in [4.78, 5) is 14.2. The van der Waals surface area contributed by atoms with E-state index in [0.29, 0.717) is 32.2 Å². The summed E-state index contributed by atoms with van der Waals surface area (Å²) in [5.41, 5.74) is 5.71. The fourth-order valence-electron chi connectivity index (χ4n) is 2.91. The van der Waals surface area contributed by atoms with Crippen LogP contribution in [0.4, 0.5) is 0 Å². The minimum absolute atomic E-state index is 0. The Kier molecular flexibility index (Phi) is 6.35. The maximum Gasteiger partial charge on any atom is 0.226 e. The van der Waals surface area contributed by atoms with E-state index in [2.05, 4.69) is 0 Å². The van der Waals surface area contributed by atoms with Crippen molar-refractivity contribution in [2.75, 3.05) is 32.8 Å². The van der Waals surface area contributed by atoms with E-state index >= 15 is 0 Å². The van der Waals surface area contributed by atoms with Crippen LogP contribution in [0, 0.1) is 11.8 Å². The highest BCUT2D eigenvalue weighted by Crippen LogP contribution is 2.32. The molecule has 1 amide bonds. The number of ether oxygens (including phenoxy) is 1. The number of aliphatic hydroxyl groups excluding tert-OH is 1. The fraction of sp³-hybridized carbons (Fsp3) is 0.917. The molecule has 0 spiro atoms. The normalized spacial score (nSPS) is 32.1. The zero-order valence-corrected chi connectivity index (χ0v) is 11.4. The Labute approximate surface area is 114 Å². The molecule has 3 N–H and O–H groups in total. The molecule has 1 saturated heterocycles. The highest BCUT2D eigenvalue weighted by Gasteiger charge is 2.36. The zero-order chi connectivity index (χ0) is 12.3.